The van der Waals surface area contributed by atoms with E-state index in [-0.39, 0.29) is 6.04 Å². The molecular weight excluding hydrogens is 320 g/mol. The Labute approximate surface area is 143 Å². The topological polar surface area (TPSA) is 49.4 Å². The Morgan fingerprint density at radius 1 is 0.875 bits per heavy atom. The fraction of sp³-hybridized carbons (Fsp3) is 0.368. The minimum absolute atomic E-state index is 0.0475. The first-order valence-electron chi connectivity index (χ1n) is 8.52. The van der Waals surface area contributed by atoms with Gasteiger partial charge in [-0.2, -0.15) is 0 Å². The molecule has 0 radical (unpaired) electrons. The third-order valence-corrected chi connectivity index (χ3v) is 6.74. The average Bonchev–Trinajstić information content (AvgIpc) is 2.63. The van der Waals surface area contributed by atoms with E-state index in [9.17, 15) is 8.42 Å². The highest BCUT2D eigenvalue weighted by Crippen LogP contribution is 2.29. The molecule has 2 bridgehead atoms. The van der Waals surface area contributed by atoms with Crippen molar-refractivity contribution in [2.75, 3.05) is 19.6 Å². The average molecular weight is 342 g/mol. The van der Waals surface area contributed by atoms with E-state index in [2.05, 4.69) is 9.62 Å². The van der Waals surface area contributed by atoms with Gasteiger partial charge in [-0.15, -0.1) is 0 Å². The number of piperidine rings is 3. The molecule has 2 aromatic rings. The van der Waals surface area contributed by atoms with Gasteiger partial charge in [0.15, 0.2) is 0 Å². The van der Waals surface area contributed by atoms with Crippen molar-refractivity contribution in [2.24, 2.45) is 5.92 Å². The van der Waals surface area contributed by atoms with Gasteiger partial charge in [-0.3, -0.25) is 0 Å². The van der Waals surface area contributed by atoms with Gasteiger partial charge in [0, 0.05) is 12.6 Å². The predicted octanol–water partition coefficient (Wildman–Crippen LogP) is 2.73. The second kappa shape index (κ2) is 6.31. The second-order valence-electron chi connectivity index (χ2n) is 6.76. The first-order chi connectivity index (χ1) is 11.6. The Kier molecular flexibility index (Phi) is 4.16. The van der Waals surface area contributed by atoms with Gasteiger partial charge in [-0.1, -0.05) is 42.5 Å². The van der Waals surface area contributed by atoms with E-state index >= 15 is 0 Å². The van der Waals surface area contributed by atoms with E-state index in [0.717, 1.165) is 43.6 Å². The molecule has 5 rings (SSSR count). The molecule has 3 aliphatic rings. The number of rotatable bonds is 4. The highest BCUT2D eigenvalue weighted by molar-refractivity contribution is 7.89. The Morgan fingerprint density at radius 2 is 1.50 bits per heavy atom. The Hall–Kier alpha value is -1.69. The summed E-state index contributed by atoms with van der Waals surface area (Å²) in [6.45, 7) is 3.05. The molecule has 0 aliphatic carbocycles. The molecule has 0 spiro atoms. The third-order valence-electron chi connectivity index (χ3n) is 5.23. The van der Waals surface area contributed by atoms with Gasteiger partial charge in [0.25, 0.3) is 0 Å². The Morgan fingerprint density at radius 3 is 2.08 bits per heavy atom. The van der Waals surface area contributed by atoms with Gasteiger partial charge in [-0.05, 0) is 55.1 Å². The van der Waals surface area contributed by atoms with E-state index in [1.165, 1.54) is 0 Å². The number of sulfonamides is 1. The molecule has 126 valence electrons. The molecule has 1 N–H and O–H groups in total. The van der Waals surface area contributed by atoms with Crippen molar-refractivity contribution in [2.45, 2.75) is 23.8 Å². The van der Waals surface area contributed by atoms with Crippen LogP contribution in [0.15, 0.2) is 59.5 Å². The van der Waals surface area contributed by atoms with Crippen molar-refractivity contribution in [1.82, 2.24) is 9.62 Å². The van der Waals surface area contributed by atoms with E-state index < -0.39 is 10.0 Å². The van der Waals surface area contributed by atoms with Crippen molar-refractivity contribution in [3.8, 4) is 11.1 Å². The van der Waals surface area contributed by atoms with Crippen LogP contribution in [0, 0.1) is 5.92 Å². The highest BCUT2D eigenvalue weighted by Gasteiger charge is 2.36. The van der Waals surface area contributed by atoms with Gasteiger partial charge in [0.1, 0.15) is 0 Å². The van der Waals surface area contributed by atoms with Crippen LogP contribution in [0.5, 0.6) is 0 Å². The molecule has 3 fully saturated rings. The van der Waals surface area contributed by atoms with Gasteiger partial charge >= 0.3 is 0 Å². The summed E-state index contributed by atoms with van der Waals surface area (Å²) in [4.78, 5) is 2.70. The first kappa shape index (κ1) is 15.8. The molecule has 0 saturated carbocycles. The monoisotopic (exact) mass is 342 g/mol. The maximum atomic E-state index is 12.7. The minimum atomic E-state index is -3.46. The summed E-state index contributed by atoms with van der Waals surface area (Å²) < 4.78 is 28.3. The van der Waals surface area contributed by atoms with Crippen molar-refractivity contribution in [3.63, 3.8) is 0 Å². The van der Waals surface area contributed by atoms with Crippen LogP contribution >= 0.6 is 0 Å². The van der Waals surface area contributed by atoms with Crippen LogP contribution in [0.4, 0.5) is 0 Å². The number of benzene rings is 2. The maximum Gasteiger partial charge on any atom is 0.240 e. The lowest BCUT2D eigenvalue weighted by molar-refractivity contribution is 0.0827. The summed E-state index contributed by atoms with van der Waals surface area (Å²) in [5.41, 5.74) is 2.11. The number of nitrogens with one attached hydrogen (secondary N) is 1. The van der Waals surface area contributed by atoms with E-state index in [1.54, 1.807) is 12.1 Å². The summed E-state index contributed by atoms with van der Waals surface area (Å²) in [7, 11) is -3.46. The van der Waals surface area contributed by atoms with Crippen LogP contribution in [-0.4, -0.2) is 39.0 Å². The van der Waals surface area contributed by atoms with E-state index in [1.807, 2.05) is 42.5 Å². The number of hydrogen-bond donors (Lipinski definition) is 1. The second-order valence-corrected chi connectivity index (χ2v) is 8.47. The predicted molar refractivity (Wildman–Crippen MR) is 95.2 cm³/mol. The molecule has 3 saturated heterocycles. The standard InChI is InChI=1S/C19H22N2O2S/c22-24(23,20-19-14-21-12-10-17(19)11-13-21)18-8-6-16(7-9-18)15-4-2-1-3-5-15/h1-9,17,19-20H,10-14H2/t19-/m1/s1. The fourth-order valence-corrected chi connectivity index (χ4v) is 5.12. The molecule has 4 nitrogen and oxygen atoms in total. The largest absolute Gasteiger partial charge is 0.302 e. The lowest BCUT2D eigenvalue weighted by Crippen LogP contribution is -2.57. The molecule has 1 atom stereocenters. The molecule has 24 heavy (non-hydrogen) atoms. The highest BCUT2D eigenvalue weighted by atomic mass is 32.2. The fourth-order valence-electron chi connectivity index (χ4n) is 3.82. The Bertz CT molecular complexity index is 795. The summed E-state index contributed by atoms with van der Waals surface area (Å²) in [5.74, 6) is 0.480. The van der Waals surface area contributed by atoms with Gasteiger partial charge in [-0.25, -0.2) is 13.1 Å². The minimum Gasteiger partial charge on any atom is -0.302 e. The molecular formula is C19H22N2O2S. The van der Waals surface area contributed by atoms with Gasteiger partial charge in [0.2, 0.25) is 10.0 Å². The molecule has 0 unspecified atom stereocenters. The molecule has 3 heterocycles. The summed E-state index contributed by atoms with van der Waals surface area (Å²) >= 11 is 0. The van der Waals surface area contributed by atoms with E-state index in [0.29, 0.717) is 10.8 Å². The lowest BCUT2D eigenvalue weighted by atomic mass is 9.85. The molecule has 0 aromatic heterocycles. The third kappa shape index (κ3) is 3.11. The summed E-state index contributed by atoms with van der Waals surface area (Å²) in [5, 5.41) is 0. The molecule has 0 amide bonds. The smallest absolute Gasteiger partial charge is 0.240 e. The molecule has 3 aliphatic heterocycles. The lowest BCUT2D eigenvalue weighted by Gasteiger charge is -2.44. The van der Waals surface area contributed by atoms with Crippen molar-refractivity contribution in [1.29, 1.82) is 0 Å². The van der Waals surface area contributed by atoms with Crippen molar-refractivity contribution >= 4 is 10.0 Å². The van der Waals surface area contributed by atoms with Crippen LogP contribution < -0.4 is 4.72 Å². The SMILES string of the molecule is O=S(=O)(N[C@@H]1CN2CCC1CC2)c1ccc(-c2ccccc2)cc1. The van der Waals surface area contributed by atoms with Gasteiger partial charge in [0.05, 0.1) is 4.90 Å². The Balaban J connectivity index is 1.52. The van der Waals surface area contributed by atoms with Crippen LogP contribution in [0.3, 0.4) is 0 Å². The molecule has 5 heteroatoms. The van der Waals surface area contributed by atoms with Crippen molar-refractivity contribution < 1.29 is 8.42 Å². The number of hydrogen-bond acceptors (Lipinski definition) is 3. The zero-order valence-corrected chi connectivity index (χ0v) is 14.4. The normalized spacial score (nSPS) is 26.4. The van der Waals surface area contributed by atoms with E-state index in [4.69, 9.17) is 0 Å². The van der Waals surface area contributed by atoms with Crippen LogP contribution in [0.2, 0.25) is 0 Å². The van der Waals surface area contributed by atoms with Crippen molar-refractivity contribution in [3.05, 3.63) is 54.6 Å². The van der Waals surface area contributed by atoms with Crippen LogP contribution in [0.1, 0.15) is 12.8 Å². The zero-order valence-electron chi connectivity index (χ0n) is 13.6. The first-order valence-corrected chi connectivity index (χ1v) is 10.0. The van der Waals surface area contributed by atoms with Gasteiger partial charge < -0.3 is 4.90 Å². The number of nitrogens with zero attached hydrogens (tertiary/aromatic N) is 1. The summed E-state index contributed by atoms with van der Waals surface area (Å²) in [6, 6.07) is 17.2. The molecule has 2 aromatic carbocycles. The summed E-state index contributed by atoms with van der Waals surface area (Å²) in [6.07, 6.45) is 2.19. The number of fused-ring (bicyclic) bond motifs is 3. The van der Waals surface area contributed by atoms with Crippen LogP contribution in [0.25, 0.3) is 11.1 Å². The zero-order chi connectivity index (χ0) is 16.6. The van der Waals surface area contributed by atoms with Crippen LogP contribution in [-0.2, 0) is 10.0 Å². The maximum absolute atomic E-state index is 12.7. The quantitative estimate of drug-likeness (QED) is 0.929.